The molecule has 3 N–H and O–H groups in total. The highest BCUT2D eigenvalue weighted by Crippen LogP contribution is 2.36. The van der Waals surface area contributed by atoms with Gasteiger partial charge in [0.25, 0.3) is 0 Å². The number of anilines is 3. The number of carbonyl (C=O) groups is 1. The maximum absolute atomic E-state index is 12.5. The van der Waals surface area contributed by atoms with Crippen LogP contribution >= 0.6 is 11.6 Å². The third kappa shape index (κ3) is 11.3. The van der Waals surface area contributed by atoms with Crippen molar-refractivity contribution in [2.45, 2.75) is 109 Å². The summed E-state index contributed by atoms with van der Waals surface area (Å²) in [5.41, 5.74) is 0.686. The fourth-order valence-corrected chi connectivity index (χ4v) is 4.58. The predicted molar refractivity (Wildman–Crippen MR) is 144 cm³/mol. The van der Waals surface area contributed by atoms with Gasteiger partial charge in [-0.2, -0.15) is 9.97 Å². The fourth-order valence-electron chi connectivity index (χ4n) is 4.42. The van der Waals surface area contributed by atoms with E-state index in [0.717, 1.165) is 12.8 Å². The zero-order valence-corrected chi connectivity index (χ0v) is 22.5. The molecule has 0 aromatic carbocycles. The number of unbranched alkanes of at least 4 members (excludes halogenated alkanes) is 12. The molecular formula is C26H46ClN5O3. The summed E-state index contributed by atoms with van der Waals surface area (Å²) in [5, 5.41) is 15.6. The summed E-state index contributed by atoms with van der Waals surface area (Å²) in [4.78, 5) is 23.1. The number of amides is 1. The van der Waals surface area contributed by atoms with E-state index in [-0.39, 0.29) is 23.9 Å². The van der Waals surface area contributed by atoms with Crippen LogP contribution in [0.5, 0.6) is 0 Å². The van der Waals surface area contributed by atoms with E-state index in [1.165, 1.54) is 70.6 Å². The molecule has 0 saturated heterocycles. The minimum Gasteiger partial charge on any atom is -0.394 e. The van der Waals surface area contributed by atoms with Gasteiger partial charge in [-0.05, 0) is 24.4 Å². The first-order chi connectivity index (χ1) is 17.1. The van der Waals surface area contributed by atoms with Gasteiger partial charge in [-0.15, -0.1) is 0 Å². The van der Waals surface area contributed by atoms with Crippen molar-refractivity contribution in [2.24, 2.45) is 0 Å². The quantitative estimate of drug-likeness (QED) is 0.143. The number of aliphatic hydroxyl groups excluding tert-OH is 1. The number of hydrogen-bond donors (Lipinski definition) is 3. The maximum atomic E-state index is 12.5. The maximum Gasteiger partial charge on any atom is 0.226 e. The second-order valence-corrected chi connectivity index (χ2v) is 9.85. The Balaban J connectivity index is 1.62. The van der Waals surface area contributed by atoms with Crippen LogP contribution in [0.3, 0.4) is 0 Å². The Morgan fingerprint density at radius 2 is 1.66 bits per heavy atom. The smallest absolute Gasteiger partial charge is 0.226 e. The van der Waals surface area contributed by atoms with Gasteiger partial charge < -0.3 is 25.4 Å². The zero-order valence-electron chi connectivity index (χ0n) is 21.8. The number of fused-ring (bicyclic) bond motifs is 1. The third-order valence-corrected chi connectivity index (χ3v) is 6.80. The number of aromatic nitrogens is 2. The number of methoxy groups -OCH3 is 1. The van der Waals surface area contributed by atoms with E-state index in [2.05, 4.69) is 27.5 Å². The van der Waals surface area contributed by atoms with Gasteiger partial charge in [0, 0.05) is 20.1 Å². The molecule has 9 heteroatoms. The fraction of sp³-hybridized carbons (Fsp3) is 0.808. The largest absolute Gasteiger partial charge is 0.394 e. The number of aliphatic hydroxyl groups is 1. The standard InChI is InChI=1S/C26H46ClN5O3/c1-3-4-5-6-7-8-9-10-11-12-13-14-15-16-22(34)29-24-23-25(31-26(27)30-24)32(20-28-23)18-17-21(19-33)35-2/h21,28,33H,3-20H2,1-2H3,(H,29,30,31,34). The average Bonchev–Trinajstić information content (AvgIpc) is 3.25. The molecule has 0 saturated carbocycles. The van der Waals surface area contributed by atoms with Crippen molar-refractivity contribution in [3.8, 4) is 0 Å². The second kappa shape index (κ2) is 17.7. The summed E-state index contributed by atoms with van der Waals surface area (Å²) in [6, 6.07) is 0. The number of ether oxygens (including phenoxy) is 1. The molecule has 0 radical (unpaired) electrons. The summed E-state index contributed by atoms with van der Waals surface area (Å²) in [7, 11) is 1.58. The number of halogens is 1. The summed E-state index contributed by atoms with van der Waals surface area (Å²) in [6.07, 6.45) is 17.6. The predicted octanol–water partition coefficient (Wildman–Crippen LogP) is 6.14. The Hall–Kier alpha value is -1.64. The van der Waals surface area contributed by atoms with E-state index in [9.17, 15) is 9.90 Å². The lowest BCUT2D eigenvalue weighted by Crippen LogP contribution is -2.29. The van der Waals surface area contributed by atoms with Gasteiger partial charge in [0.15, 0.2) is 11.6 Å². The number of nitrogens with zero attached hydrogens (tertiary/aromatic N) is 3. The summed E-state index contributed by atoms with van der Waals surface area (Å²) < 4.78 is 5.23. The first-order valence-corrected chi connectivity index (χ1v) is 14.0. The Bertz CT molecular complexity index is 733. The lowest BCUT2D eigenvalue weighted by atomic mass is 10.0. The molecule has 35 heavy (non-hydrogen) atoms. The lowest BCUT2D eigenvalue weighted by Gasteiger charge is -2.20. The van der Waals surface area contributed by atoms with Crippen LogP contribution in [0.15, 0.2) is 0 Å². The topological polar surface area (TPSA) is 99.6 Å². The van der Waals surface area contributed by atoms with Crippen LogP contribution in [0.25, 0.3) is 0 Å². The van der Waals surface area contributed by atoms with Crippen molar-refractivity contribution in [1.29, 1.82) is 0 Å². The Morgan fingerprint density at radius 3 is 2.23 bits per heavy atom. The van der Waals surface area contributed by atoms with Crippen molar-refractivity contribution in [3.05, 3.63) is 5.28 Å². The van der Waals surface area contributed by atoms with Gasteiger partial charge in [-0.25, -0.2) is 0 Å². The highest BCUT2D eigenvalue weighted by molar-refractivity contribution is 6.28. The molecule has 0 aliphatic carbocycles. The number of hydrogen-bond acceptors (Lipinski definition) is 7. The molecule has 8 nitrogen and oxygen atoms in total. The zero-order chi connectivity index (χ0) is 25.3. The van der Waals surface area contributed by atoms with E-state index in [1.54, 1.807) is 7.11 Å². The van der Waals surface area contributed by atoms with Crippen molar-refractivity contribution in [1.82, 2.24) is 9.97 Å². The van der Waals surface area contributed by atoms with E-state index in [0.29, 0.717) is 43.4 Å². The van der Waals surface area contributed by atoms with Gasteiger partial charge in [0.1, 0.15) is 5.69 Å². The Labute approximate surface area is 216 Å². The van der Waals surface area contributed by atoms with Crippen LogP contribution in [0.2, 0.25) is 5.28 Å². The molecule has 1 aromatic rings. The lowest BCUT2D eigenvalue weighted by molar-refractivity contribution is -0.116. The SMILES string of the molecule is CCCCCCCCCCCCCCCC(=O)Nc1nc(Cl)nc2c1NCN2CCC(CO)OC. The monoisotopic (exact) mass is 511 g/mol. The van der Waals surface area contributed by atoms with Crippen LogP contribution in [0.4, 0.5) is 17.3 Å². The third-order valence-electron chi connectivity index (χ3n) is 6.63. The van der Waals surface area contributed by atoms with Crippen LogP contribution < -0.4 is 15.5 Å². The minimum atomic E-state index is -0.226. The normalized spacial score (nSPS) is 13.5. The van der Waals surface area contributed by atoms with Gasteiger partial charge in [-0.3, -0.25) is 4.79 Å². The van der Waals surface area contributed by atoms with Crippen LogP contribution in [0.1, 0.15) is 103 Å². The molecule has 200 valence electrons. The van der Waals surface area contributed by atoms with Gasteiger partial charge >= 0.3 is 0 Å². The molecule has 0 bridgehead atoms. The average molecular weight is 512 g/mol. The second-order valence-electron chi connectivity index (χ2n) is 9.51. The highest BCUT2D eigenvalue weighted by Gasteiger charge is 2.26. The van der Waals surface area contributed by atoms with E-state index in [1.807, 2.05) is 4.90 Å². The van der Waals surface area contributed by atoms with Crippen molar-refractivity contribution < 1.29 is 14.6 Å². The minimum absolute atomic E-state index is 0.0321. The van der Waals surface area contributed by atoms with Crippen LogP contribution in [0, 0.1) is 0 Å². The summed E-state index contributed by atoms with van der Waals surface area (Å²) in [5.74, 6) is 1.03. The van der Waals surface area contributed by atoms with E-state index < -0.39 is 0 Å². The van der Waals surface area contributed by atoms with Crippen molar-refractivity contribution in [3.63, 3.8) is 0 Å². The van der Waals surface area contributed by atoms with Gasteiger partial charge in [0.05, 0.1) is 19.4 Å². The molecule has 1 atom stereocenters. The molecule has 0 fully saturated rings. The molecule has 1 aliphatic rings. The molecule has 0 spiro atoms. The van der Waals surface area contributed by atoms with Crippen LogP contribution in [-0.4, -0.2) is 54.0 Å². The van der Waals surface area contributed by atoms with Crippen molar-refractivity contribution >= 4 is 34.8 Å². The first-order valence-electron chi connectivity index (χ1n) is 13.6. The van der Waals surface area contributed by atoms with Gasteiger partial charge in [0.2, 0.25) is 11.2 Å². The molecule has 1 aromatic heterocycles. The number of carbonyl (C=O) groups excluding carboxylic acids is 1. The van der Waals surface area contributed by atoms with E-state index in [4.69, 9.17) is 16.3 Å². The van der Waals surface area contributed by atoms with Gasteiger partial charge in [-0.1, -0.05) is 84.0 Å². The summed E-state index contributed by atoms with van der Waals surface area (Å²) >= 11 is 6.14. The molecule has 2 rings (SSSR count). The number of rotatable bonds is 20. The Kier molecular flexibility index (Phi) is 15.0. The van der Waals surface area contributed by atoms with Crippen molar-refractivity contribution in [2.75, 3.05) is 42.5 Å². The molecule has 1 amide bonds. The van der Waals surface area contributed by atoms with Crippen LogP contribution in [-0.2, 0) is 9.53 Å². The first kappa shape index (κ1) is 29.6. The molecule has 1 unspecified atom stereocenters. The highest BCUT2D eigenvalue weighted by atomic mass is 35.5. The summed E-state index contributed by atoms with van der Waals surface area (Å²) in [6.45, 7) is 3.40. The van der Waals surface area contributed by atoms with E-state index >= 15 is 0 Å². The molecule has 1 aliphatic heterocycles. The Morgan fingerprint density at radius 1 is 1.06 bits per heavy atom. The molecular weight excluding hydrogens is 466 g/mol. The number of nitrogens with one attached hydrogen (secondary N) is 2. The molecule has 2 heterocycles.